The minimum atomic E-state index is 0.0853. The molecule has 0 aliphatic heterocycles. The van der Waals surface area contributed by atoms with Crippen LogP contribution in [0.2, 0.25) is 0 Å². The van der Waals surface area contributed by atoms with Crippen LogP contribution in [0, 0.1) is 0 Å². The molecule has 0 N–H and O–H groups in total. The largest absolute Gasteiger partial charge is 0.319 e. The molecule has 0 aliphatic carbocycles. The molecule has 31 heavy (non-hydrogen) atoms. The van der Waals surface area contributed by atoms with Crippen LogP contribution in [0.3, 0.4) is 0 Å². The van der Waals surface area contributed by atoms with Crippen molar-refractivity contribution in [3.8, 4) is 0 Å². The first-order valence-corrected chi connectivity index (χ1v) is 11.5. The van der Waals surface area contributed by atoms with Crippen LogP contribution in [0.4, 0.5) is 0 Å². The highest BCUT2D eigenvalue weighted by atomic mass is 32.2. The molecule has 0 saturated carbocycles. The first kappa shape index (κ1) is 19.7. The third kappa shape index (κ3) is 4.01. The first-order chi connectivity index (χ1) is 15.3. The van der Waals surface area contributed by atoms with Gasteiger partial charge in [-0.2, -0.15) is 0 Å². The molecule has 0 radical (unpaired) electrons. The van der Waals surface area contributed by atoms with Gasteiger partial charge in [-0.15, -0.1) is 11.8 Å². The van der Waals surface area contributed by atoms with Crippen molar-refractivity contribution in [3.63, 3.8) is 0 Å². The van der Waals surface area contributed by atoms with Gasteiger partial charge < -0.3 is 4.57 Å². The Morgan fingerprint density at radius 1 is 0.645 bits per heavy atom. The number of aromatic nitrogens is 2. The van der Waals surface area contributed by atoms with Crippen LogP contribution in [0.1, 0.15) is 35.2 Å². The number of imidazole rings is 1. The standard InChI is InChI=1S/C28H24N2S/c1-21(22-13-5-2-6-14-22)30-26-20-12-11-19-25(26)29-28(30)27(23-15-7-3-8-16-23)31-24-17-9-4-10-18-24/h2-21,27H,1H3. The second kappa shape index (κ2) is 8.83. The van der Waals surface area contributed by atoms with Crippen molar-refractivity contribution in [3.05, 3.63) is 132 Å². The molecule has 3 heteroatoms. The Labute approximate surface area is 187 Å². The van der Waals surface area contributed by atoms with Gasteiger partial charge in [-0.1, -0.05) is 91.0 Å². The zero-order valence-electron chi connectivity index (χ0n) is 17.4. The summed E-state index contributed by atoms with van der Waals surface area (Å²) in [5.41, 5.74) is 4.75. The summed E-state index contributed by atoms with van der Waals surface area (Å²) in [6.45, 7) is 2.27. The molecule has 5 rings (SSSR count). The van der Waals surface area contributed by atoms with Crippen LogP contribution in [-0.2, 0) is 0 Å². The fourth-order valence-electron chi connectivity index (χ4n) is 4.07. The molecular formula is C28H24N2S. The summed E-state index contributed by atoms with van der Waals surface area (Å²) in [5, 5.41) is 0.0853. The van der Waals surface area contributed by atoms with Crippen molar-refractivity contribution >= 4 is 22.8 Å². The Kier molecular flexibility index (Phi) is 5.59. The quantitative estimate of drug-likeness (QED) is 0.264. The maximum atomic E-state index is 5.17. The molecular weight excluding hydrogens is 396 g/mol. The summed E-state index contributed by atoms with van der Waals surface area (Å²) < 4.78 is 2.41. The molecule has 2 nitrogen and oxygen atoms in total. The minimum Gasteiger partial charge on any atom is -0.319 e. The number of hydrogen-bond acceptors (Lipinski definition) is 2. The van der Waals surface area contributed by atoms with E-state index < -0.39 is 0 Å². The molecule has 0 saturated heterocycles. The van der Waals surface area contributed by atoms with Crippen LogP contribution in [0.25, 0.3) is 11.0 Å². The van der Waals surface area contributed by atoms with Gasteiger partial charge >= 0.3 is 0 Å². The number of rotatable bonds is 6. The highest BCUT2D eigenvalue weighted by Crippen LogP contribution is 2.42. The van der Waals surface area contributed by atoms with E-state index in [0.29, 0.717) is 0 Å². The van der Waals surface area contributed by atoms with Gasteiger partial charge in [-0.3, -0.25) is 0 Å². The molecule has 2 atom stereocenters. The van der Waals surface area contributed by atoms with Crippen molar-refractivity contribution in [1.29, 1.82) is 0 Å². The van der Waals surface area contributed by atoms with Gasteiger partial charge in [-0.25, -0.2) is 4.98 Å². The van der Waals surface area contributed by atoms with Gasteiger partial charge in [0.15, 0.2) is 0 Å². The first-order valence-electron chi connectivity index (χ1n) is 10.6. The molecule has 1 aromatic heterocycles. The van der Waals surface area contributed by atoms with E-state index in [9.17, 15) is 0 Å². The Hall–Kier alpha value is -3.30. The average molecular weight is 421 g/mol. The summed E-state index contributed by atoms with van der Waals surface area (Å²) >= 11 is 1.85. The molecule has 0 spiro atoms. The molecule has 2 unspecified atom stereocenters. The Morgan fingerprint density at radius 3 is 1.87 bits per heavy atom. The third-order valence-corrected chi connectivity index (χ3v) is 6.89. The predicted molar refractivity (Wildman–Crippen MR) is 131 cm³/mol. The molecule has 152 valence electrons. The number of hydrogen-bond donors (Lipinski definition) is 0. The topological polar surface area (TPSA) is 17.8 Å². The lowest BCUT2D eigenvalue weighted by molar-refractivity contribution is 0.625. The van der Waals surface area contributed by atoms with E-state index in [0.717, 1.165) is 11.3 Å². The molecule has 0 bridgehead atoms. The van der Waals surface area contributed by atoms with E-state index in [1.165, 1.54) is 21.5 Å². The van der Waals surface area contributed by atoms with Gasteiger partial charge in [0.1, 0.15) is 5.82 Å². The fraction of sp³-hybridized carbons (Fsp3) is 0.107. The lowest BCUT2D eigenvalue weighted by Crippen LogP contribution is -2.13. The third-order valence-electron chi connectivity index (χ3n) is 5.63. The van der Waals surface area contributed by atoms with Crippen molar-refractivity contribution in [2.24, 2.45) is 0 Å². The Morgan fingerprint density at radius 2 is 1.19 bits per heavy atom. The van der Waals surface area contributed by atoms with Crippen LogP contribution in [0.15, 0.2) is 120 Å². The lowest BCUT2D eigenvalue weighted by Gasteiger charge is -2.23. The van der Waals surface area contributed by atoms with Crippen LogP contribution in [-0.4, -0.2) is 9.55 Å². The van der Waals surface area contributed by atoms with E-state index in [2.05, 4.69) is 127 Å². The lowest BCUT2D eigenvalue weighted by atomic mass is 10.1. The monoisotopic (exact) mass is 420 g/mol. The zero-order valence-corrected chi connectivity index (χ0v) is 18.2. The van der Waals surface area contributed by atoms with Gasteiger partial charge in [0.25, 0.3) is 0 Å². The smallest absolute Gasteiger partial charge is 0.128 e. The summed E-state index contributed by atoms with van der Waals surface area (Å²) in [6.07, 6.45) is 0. The number of thioether (sulfide) groups is 1. The number of fused-ring (bicyclic) bond motifs is 1. The molecule has 0 amide bonds. The highest BCUT2D eigenvalue weighted by Gasteiger charge is 2.26. The SMILES string of the molecule is CC(c1ccccc1)n1c(C(Sc2ccccc2)c2ccccc2)nc2ccccc21. The molecule has 1 heterocycles. The maximum absolute atomic E-state index is 5.17. The fourth-order valence-corrected chi connectivity index (χ4v) is 5.22. The molecule has 0 aliphatic rings. The summed E-state index contributed by atoms with van der Waals surface area (Å²) in [5.74, 6) is 1.08. The zero-order chi connectivity index (χ0) is 21.0. The van der Waals surface area contributed by atoms with Crippen molar-refractivity contribution < 1.29 is 0 Å². The van der Waals surface area contributed by atoms with Gasteiger partial charge in [-0.05, 0) is 42.3 Å². The molecule has 0 fully saturated rings. The predicted octanol–water partition coefficient (Wildman–Crippen LogP) is 7.53. The van der Waals surface area contributed by atoms with E-state index >= 15 is 0 Å². The van der Waals surface area contributed by atoms with Crippen LogP contribution in [0.5, 0.6) is 0 Å². The Balaban J connectivity index is 1.70. The minimum absolute atomic E-state index is 0.0853. The molecule has 4 aromatic carbocycles. The van der Waals surface area contributed by atoms with Crippen molar-refractivity contribution in [2.75, 3.05) is 0 Å². The number of para-hydroxylation sites is 2. The van der Waals surface area contributed by atoms with Crippen LogP contribution >= 0.6 is 11.8 Å². The van der Waals surface area contributed by atoms with E-state index in [-0.39, 0.29) is 11.3 Å². The second-order valence-corrected chi connectivity index (χ2v) is 8.82. The van der Waals surface area contributed by atoms with E-state index in [1.807, 2.05) is 11.8 Å². The van der Waals surface area contributed by atoms with Gasteiger partial charge in [0.2, 0.25) is 0 Å². The second-order valence-electron chi connectivity index (χ2n) is 7.64. The van der Waals surface area contributed by atoms with Crippen molar-refractivity contribution in [1.82, 2.24) is 9.55 Å². The van der Waals surface area contributed by atoms with E-state index in [4.69, 9.17) is 4.98 Å². The summed E-state index contributed by atoms with van der Waals surface area (Å²) in [6, 6.07) is 40.6. The van der Waals surface area contributed by atoms with E-state index in [1.54, 1.807) is 0 Å². The maximum Gasteiger partial charge on any atom is 0.128 e. The Bertz CT molecular complexity index is 1260. The summed E-state index contributed by atoms with van der Waals surface area (Å²) in [7, 11) is 0. The van der Waals surface area contributed by atoms with Gasteiger partial charge in [0, 0.05) is 4.90 Å². The average Bonchev–Trinajstić information content (AvgIpc) is 3.23. The number of benzene rings is 4. The number of nitrogens with zero attached hydrogens (tertiary/aromatic N) is 2. The van der Waals surface area contributed by atoms with Crippen molar-refractivity contribution in [2.45, 2.75) is 23.1 Å². The summed E-state index contributed by atoms with van der Waals surface area (Å²) in [4.78, 5) is 6.41. The van der Waals surface area contributed by atoms with Crippen LogP contribution < -0.4 is 0 Å². The normalized spacial score (nSPS) is 13.2. The highest BCUT2D eigenvalue weighted by molar-refractivity contribution is 7.99. The molecule has 5 aromatic rings. The van der Waals surface area contributed by atoms with Gasteiger partial charge in [0.05, 0.1) is 22.3 Å².